The van der Waals surface area contributed by atoms with Crippen molar-refractivity contribution in [2.75, 3.05) is 13.7 Å². The molecule has 0 saturated carbocycles. The van der Waals surface area contributed by atoms with E-state index in [-0.39, 0.29) is 5.97 Å². The van der Waals surface area contributed by atoms with Crippen molar-refractivity contribution >= 4 is 23.1 Å². The van der Waals surface area contributed by atoms with Gasteiger partial charge in [0.15, 0.2) is 0 Å². The number of esters is 1. The number of aromatic nitrogens is 2. The molecular formula is C21H31N3O2. The Morgan fingerprint density at radius 1 is 1.23 bits per heavy atom. The fraction of sp³-hybridized carbons (Fsp3) is 0.524. The number of hydrogen-bond acceptors (Lipinski definition) is 4. The summed E-state index contributed by atoms with van der Waals surface area (Å²) in [5, 5.41) is 0. The molecular weight excluding hydrogens is 326 g/mol. The molecule has 0 saturated heterocycles. The summed E-state index contributed by atoms with van der Waals surface area (Å²) in [5.41, 5.74) is 8.79. The minimum Gasteiger partial charge on any atom is -0.466 e. The molecule has 0 amide bonds. The van der Waals surface area contributed by atoms with E-state index in [1.807, 2.05) is 12.1 Å². The lowest BCUT2D eigenvalue weighted by atomic mass is 10.1. The zero-order chi connectivity index (χ0) is 18.8. The summed E-state index contributed by atoms with van der Waals surface area (Å²) in [6, 6.07) is 6.05. The average Bonchev–Trinajstić information content (AvgIpc) is 2.99. The van der Waals surface area contributed by atoms with Crippen LogP contribution in [0.4, 0.5) is 0 Å². The summed E-state index contributed by atoms with van der Waals surface area (Å²) in [5.74, 6) is 0.748. The highest BCUT2D eigenvalue weighted by Gasteiger charge is 2.10. The number of aryl methyl sites for hydroxylation is 1. The number of benzene rings is 1. The predicted molar refractivity (Wildman–Crippen MR) is 107 cm³/mol. The molecule has 5 heteroatoms. The monoisotopic (exact) mass is 357 g/mol. The molecule has 0 spiro atoms. The molecule has 0 aliphatic carbocycles. The van der Waals surface area contributed by atoms with Crippen molar-refractivity contribution in [3.8, 4) is 0 Å². The van der Waals surface area contributed by atoms with Crippen LogP contribution in [0.25, 0.3) is 17.1 Å². The first-order chi connectivity index (χ1) is 12.7. The fourth-order valence-corrected chi connectivity index (χ4v) is 3.17. The maximum Gasteiger partial charge on any atom is 0.330 e. The summed E-state index contributed by atoms with van der Waals surface area (Å²) in [4.78, 5) is 16.1. The van der Waals surface area contributed by atoms with Crippen LogP contribution >= 0.6 is 0 Å². The number of ether oxygens (including phenoxy) is 1. The number of carbonyl (C=O) groups excluding carboxylic acids is 1. The van der Waals surface area contributed by atoms with Gasteiger partial charge in [-0.15, -0.1) is 0 Å². The molecule has 0 atom stereocenters. The van der Waals surface area contributed by atoms with Crippen molar-refractivity contribution in [2.45, 2.75) is 58.4 Å². The van der Waals surface area contributed by atoms with E-state index in [1.54, 1.807) is 6.08 Å². The Labute approximate surface area is 156 Å². The summed E-state index contributed by atoms with van der Waals surface area (Å²) < 4.78 is 6.87. The second-order valence-corrected chi connectivity index (χ2v) is 6.59. The van der Waals surface area contributed by atoms with Crippen molar-refractivity contribution in [3.63, 3.8) is 0 Å². The Bertz CT molecular complexity index is 734. The molecule has 0 radical (unpaired) electrons. The van der Waals surface area contributed by atoms with Gasteiger partial charge in [0, 0.05) is 25.6 Å². The lowest BCUT2D eigenvalue weighted by Crippen LogP contribution is -2.12. The van der Waals surface area contributed by atoms with Crippen LogP contribution in [0.3, 0.4) is 0 Å². The van der Waals surface area contributed by atoms with Crippen molar-refractivity contribution in [3.05, 3.63) is 35.7 Å². The van der Waals surface area contributed by atoms with Gasteiger partial charge in [-0.3, -0.25) is 0 Å². The highest BCUT2D eigenvalue weighted by Crippen LogP contribution is 2.20. The summed E-state index contributed by atoms with van der Waals surface area (Å²) >= 11 is 0. The maximum absolute atomic E-state index is 11.3. The van der Waals surface area contributed by atoms with Crippen LogP contribution < -0.4 is 5.73 Å². The van der Waals surface area contributed by atoms with Gasteiger partial charge in [0.2, 0.25) is 0 Å². The average molecular weight is 357 g/mol. The molecule has 142 valence electrons. The molecule has 1 aromatic heterocycles. The highest BCUT2D eigenvalue weighted by molar-refractivity contribution is 5.88. The van der Waals surface area contributed by atoms with Gasteiger partial charge in [0.05, 0.1) is 18.1 Å². The first-order valence-corrected chi connectivity index (χ1v) is 9.64. The Morgan fingerprint density at radius 2 is 2.00 bits per heavy atom. The zero-order valence-corrected chi connectivity index (χ0v) is 16.0. The van der Waals surface area contributed by atoms with Crippen LogP contribution in [0.1, 0.15) is 56.8 Å². The summed E-state index contributed by atoms with van der Waals surface area (Å²) in [6.07, 6.45) is 11.8. The Morgan fingerprint density at radius 3 is 2.73 bits per heavy atom. The van der Waals surface area contributed by atoms with Crippen LogP contribution in [-0.2, 0) is 22.5 Å². The third-order valence-electron chi connectivity index (χ3n) is 4.57. The molecule has 0 aliphatic heterocycles. The normalized spacial score (nSPS) is 11.5. The van der Waals surface area contributed by atoms with Gasteiger partial charge in [0.1, 0.15) is 5.82 Å². The highest BCUT2D eigenvalue weighted by atomic mass is 16.5. The lowest BCUT2D eigenvalue weighted by Gasteiger charge is -2.07. The van der Waals surface area contributed by atoms with Gasteiger partial charge < -0.3 is 15.0 Å². The SMILES string of the molecule is CCCCCCCCc1nc2cc(/C=C/C(=O)OC)ccc2n1CCN. The van der Waals surface area contributed by atoms with Crippen molar-refractivity contribution in [1.82, 2.24) is 9.55 Å². The number of methoxy groups -OCH3 is 1. The van der Waals surface area contributed by atoms with Crippen molar-refractivity contribution in [1.29, 1.82) is 0 Å². The molecule has 0 aliphatic rings. The number of hydrogen-bond donors (Lipinski definition) is 1. The number of nitrogens with two attached hydrogens (primary N) is 1. The molecule has 0 bridgehead atoms. The molecule has 1 heterocycles. The molecule has 2 rings (SSSR count). The van der Waals surface area contributed by atoms with E-state index in [1.165, 1.54) is 45.3 Å². The number of imidazole rings is 1. The quantitative estimate of drug-likeness (QED) is 0.374. The van der Waals surface area contributed by atoms with E-state index in [0.717, 1.165) is 41.8 Å². The first-order valence-electron chi connectivity index (χ1n) is 9.64. The first kappa shape index (κ1) is 20.2. The van der Waals surface area contributed by atoms with Gasteiger partial charge in [-0.1, -0.05) is 45.1 Å². The van der Waals surface area contributed by atoms with Crippen LogP contribution in [0.5, 0.6) is 0 Å². The van der Waals surface area contributed by atoms with Crippen molar-refractivity contribution in [2.24, 2.45) is 5.73 Å². The van der Waals surface area contributed by atoms with E-state index >= 15 is 0 Å². The minimum absolute atomic E-state index is 0.359. The van der Waals surface area contributed by atoms with E-state index in [2.05, 4.69) is 22.3 Å². The molecule has 2 N–H and O–H groups in total. The second-order valence-electron chi connectivity index (χ2n) is 6.59. The number of unbranched alkanes of at least 4 members (excludes halogenated alkanes) is 5. The van der Waals surface area contributed by atoms with Crippen LogP contribution in [0.2, 0.25) is 0 Å². The molecule has 5 nitrogen and oxygen atoms in total. The van der Waals surface area contributed by atoms with E-state index < -0.39 is 0 Å². The number of rotatable bonds is 11. The molecule has 0 fully saturated rings. The Balaban J connectivity index is 2.11. The summed E-state index contributed by atoms with van der Waals surface area (Å²) in [7, 11) is 1.37. The largest absolute Gasteiger partial charge is 0.466 e. The van der Waals surface area contributed by atoms with Crippen LogP contribution in [0.15, 0.2) is 24.3 Å². The zero-order valence-electron chi connectivity index (χ0n) is 16.0. The molecule has 1 aromatic carbocycles. The summed E-state index contributed by atoms with van der Waals surface area (Å²) in [6.45, 7) is 3.61. The van der Waals surface area contributed by atoms with Gasteiger partial charge in [-0.05, 0) is 30.2 Å². The topological polar surface area (TPSA) is 70.1 Å². The number of carbonyl (C=O) groups is 1. The lowest BCUT2D eigenvalue weighted by molar-refractivity contribution is -0.134. The number of fused-ring (bicyclic) bond motifs is 1. The van der Waals surface area contributed by atoms with E-state index in [0.29, 0.717) is 6.54 Å². The van der Waals surface area contributed by atoms with E-state index in [4.69, 9.17) is 10.7 Å². The van der Waals surface area contributed by atoms with Crippen molar-refractivity contribution < 1.29 is 9.53 Å². The standard InChI is InChI=1S/C21H31N3O2/c1-3-4-5-6-7-8-9-20-23-18-16-17(11-13-21(25)26-2)10-12-19(18)24(20)15-14-22/h10-13,16H,3-9,14-15,22H2,1-2H3/b13-11+. The molecule has 26 heavy (non-hydrogen) atoms. The fourth-order valence-electron chi connectivity index (χ4n) is 3.17. The van der Waals surface area contributed by atoms with E-state index in [9.17, 15) is 4.79 Å². The van der Waals surface area contributed by atoms with Crippen LogP contribution in [0, 0.1) is 0 Å². The third-order valence-corrected chi connectivity index (χ3v) is 4.57. The molecule has 2 aromatic rings. The predicted octanol–water partition coefficient (Wildman–Crippen LogP) is 4.08. The smallest absolute Gasteiger partial charge is 0.330 e. The second kappa shape index (κ2) is 10.8. The number of nitrogens with zero attached hydrogens (tertiary/aromatic N) is 2. The van der Waals surface area contributed by atoms with Gasteiger partial charge in [-0.2, -0.15) is 0 Å². The third kappa shape index (κ3) is 5.70. The van der Waals surface area contributed by atoms with Gasteiger partial charge in [-0.25, -0.2) is 9.78 Å². The van der Waals surface area contributed by atoms with Gasteiger partial charge in [0.25, 0.3) is 0 Å². The van der Waals surface area contributed by atoms with Gasteiger partial charge >= 0.3 is 5.97 Å². The maximum atomic E-state index is 11.3. The Kier molecular flexibility index (Phi) is 8.35. The Hall–Kier alpha value is -2.14. The molecule has 0 unspecified atom stereocenters. The minimum atomic E-state index is -0.359. The van der Waals surface area contributed by atoms with Crippen LogP contribution in [-0.4, -0.2) is 29.2 Å².